The highest BCUT2D eigenvalue weighted by molar-refractivity contribution is 6.35. The number of esters is 1. The first-order valence-corrected chi connectivity index (χ1v) is 8.35. The van der Waals surface area contributed by atoms with Gasteiger partial charge in [-0.15, -0.1) is 0 Å². The van der Waals surface area contributed by atoms with Gasteiger partial charge in [-0.2, -0.15) is 5.26 Å². The zero-order valence-corrected chi connectivity index (χ0v) is 15.9. The molecule has 1 N–H and O–H groups in total. The van der Waals surface area contributed by atoms with Gasteiger partial charge in [-0.25, -0.2) is 4.79 Å². The summed E-state index contributed by atoms with van der Waals surface area (Å²) in [6, 6.07) is 6.63. The molecule has 0 unspecified atom stereocenters. The lowest BCUT2D eigenvalue weighted by atomic mass is 9.90. The van der Waals surface area contributed by atoms with E-state index in [1.54, 1.807) is 26.8 Å². The van der Waals surface area contributed by atoms with Crippen LogP contribution in [-0.2, 0) is 14.3 Å². The van der Waals surface area contributed by atoms with E-state index in [9.17, 15) is 9.59 Å². The summed E-state index contributed by atoms with van der Waals surface area (Å²) in [6.45, 7) is 6.18. The summed E-state index contributed by atoms with van der Waals surface area (Å²) < 4.78 is 10.3. The number of nitrogens with one attached hydrogen (secondary N) is 1. The molecular formula is C17H20Cl2N2O4. The van der Waals surface area contributed by atoms with Gasteiger partial charge >= 0.3 is 5.97 Å². The number of ether oxygens (including phenoxy) is 2. The standard InChI is InChI=1S/C17H20Cl2N2O4/c1-10(2)17(4,9-20)21-15(22)8-24-16(23)11(3)25-14-6-5-12(18)7-13(14)19/h5-7,10-11H,8H2,1-4H3,(H,21,22)/t11-,17+/m1/s1. The molecule has 0 spiro atoms. The van der Waals surface area contributed by atoms with E-state index in [2.05, 4.69) is 5.32 Å². The molecule has 1 amide bonds. The molecule has 1 aromatic rings. The first kappa shape index (κ1) is 21.1. The Morgan fingerprint density at radius 3 is 2.48 bits per heavy atom. The van der Waals surface area contributed by atoms with Crippen molar-refractivity contribution in [3.63, 3.8) is 0 Å². The number of hydrogen-bond donors (Lipinski definition) is 1. The lowest BCUT2D eigenvalue weighted by Crippen LogP contribution is -2.50. The molecule has 0 saturated carbocycles. The number of rotatable bonds is 7. The van der Waals surface area contributed by atoms with Crippen LogP contribution in [0.3, 0.4) is 0 Å². The summed E-state index contributed by atoms with van der Waals surface area (Å²) in [4.78, 5) is 23.8. The van der Waals surface area contributed by atoms with Gasteiger partial charge in [-0.05, 0) is 38.0 Å². The molecule has 0 aliphatic rings. The van der Waals surface area contributed by atoms with Crippen LogP contribution in [0.15, 0.2) is 18.2 Å². The third-order valence-electron chi connectivity index (χ3n) is 3.66. The molecule has 136 valence electrons. The first-order valence-electron chi connectivity index (χ1n) is 7.59. The molecule has 0 aliphatic heterocycles. The summed E-state index contributed by atoms with van der Waals surface area (Å²) in [5, 5.41) is 12.4. The highest BCUT2D eigenvalue weighted by Gasteiger charge is 2.30. The normalized spacial score (nSPS) is 14.2. The Balaban J connectivity index is 2.56. The molecule has 2 atom stereocenters. The topological polar surface area (TPSA) is 88.4 Å². The second kappa shape index (κ2) is 8.93. The average molecular weight is 387 g/mol. The molecule has 1 aromatic carbocycles. The summed E-state index contributed by atoms with van der Waals surface area (Å²) >= 11 is 11.8. The van der Waals surface area contributed by atoms with Crippen LogP contribution in [0, 0.1) is 17.2 Å². The minimum atomic E-state index is -1.04. The van der Waals surface area contributed by atoms with Crippen LogP contribution < -0.4 is 10.1 Å². The lowest BCUT2D eigenvalue weighted by Gasteiger charge is -2.27. The lowest BCUT2D eigenvalue weighted by molar-refractivity contribution is -0.155. The zero-order valence-electron chi connectivity index (χ0n) is 14.4. The molecular weight excluding hydrogens is 367 g/mol. The SMILES string of the molecule is CC(C)[C@](C)(C#N)NC(=O)COC(=O)[C@@H](C)Oc1ccc(Cl)cc1Cl. The van der Waals surface area contributed by atoms with Crippen molar-refractivity contribution in [1.82, 2.24) is 5.32 Å². The maximum absolute atomic E-state index is 11.9. The predicted molar refractivity (Wildman–Crippen MR) is 94.5 cm³/mol. The van der Waals surface area contributed by atoms with Gasteiger partial charge in [-0.1, -0.05) is 37.0 Å². The van der Waals surface area contributed by atoms with Crippen LogP contribution in [0.2, 0.25) is 10.0 Å². The van der Waals surface area contributed by atoms with Gasteiger partial charge in [0, 0.05) is 5.02 Å². The van der Waals surface area contributed by atoms with Crippen molar-refractivity contribution in [2.45, 2.75) is 39.3 Å². The third kappa shape index (κ3) is 6.11. The van der Waals surface area contributed by atoms with Crippen LogP contribution in [-0.4, -0.2) is 30.1 Å². The first-order chi connectivity index (χ1) is 11.6. The van der Waals surface area contributed by atoms with E-state index in [-0.39, 0.29) is 16.7 Å². The Morgan fingerprint density at radius 1 is 1.32 bits per heavy atom. The van der Waals surface area contributed by atoms with Crippen molar-refractivity contribution in [3.05, 3.63) is 28.2 Å². The van der Waals surface area contributed by atoms with Gasteiger partial charge in [0.1, 0.15) is 11.3 Å². The largest absolute Gasteiger partial charge is 0.477 e. The molecule has 0 fully saturated rings. The Hall–Kier alpha value is -1.97. The quantitative estimate of drug-likeness (QED) is 0.725. The van der Waals surface area contributed by atoms with E-state index in [4.69, 9.17) is 37.9 Å². The van der Waals surface area contributed by atoms with E-state index in [0.717, 1.165) is 0 Å². The monoisotopic (exact) mass is 386 g/mol. The van der Waals surface area contributed by atoms with Crippen LogP contribution in [0.4, 0.5) is 0 Å². The third-order valence-corrected chi connectivity index (χ3v) is 4.19. The van der Waals surface area contributed by atoms with E-state index in [1.165, 1.54) is 19.1 Å². The molecule has 6 nitrogen and oxygen atoms in total. The predicted octanol–water partition coefficient (Wildman–Crippen LogP) is 3.36. The van der Waals surface area contributed by atoms with E-state index in [1.807, 2.05) is 6.07 Å². The highest BCUT2D eigenvalue weighted by Crippen LogP contribution is 2.28. The maximum Gasteiger partial charge on any atom is 0.347 e. The number of nitriles is 1. The fraction of sp³-hybridized carbons (Fsp3) is 0.471. The summed E-state index contributed by atoms with van der Waals surface area (Å²) in [7, 11) is 0. The molecule has 0 aliphatic carbocycles. The molecule has 0 bridgehead atoms. The van der Waals surface area contributed by atoms with Crippen molar-refractivity contribution >= 4 is 35.1 Å². The number of benzene rings is 1. The second-order valence-electron chi connectivity index (χ2n) is 5.96. The van der Waals surface area contributed by atoms with Crippen LogP contribution in [0.25, 0.3) is 0 Å². The minimum Gasteiger partial charge on any atom is -0.477 e. The van der Waals surface area contributed by atoms with E-state index in [0.29, 0.717) is 5.02 Å². The van der Waals surface area contributed by atoms with Gasteiger partial charge < -0.3 is 14.8 Å². The van der Waals surface area contributed by atoms with Gasteiger partial charge in [0.15, 0.2) is 12.7 Å². The number of amides is 1. The van der Waals surface area contributed by atoms with Crippen molar-refractivity contribution < 1.29 is 19.1 Å². The number of halogens is 2. The van der Waals surface area contributed by atoms with Crippen molar-refractivity contribution in [2.75, 3.05) is 6.61 Å². The number of carbonyl (C=O) groups is 2. The number of hydrogen-bond acceptors (Lipinski definition) is 5. The van der Waals surface area contributed by atoms with Gasteiger partial charge in [-0.3, -0.25) is 4.79 Å². The molecule has 1 rings (SSSR count). The van der Waals surface area contributed by atoms with E-state index < -0.39 is 30.1 Å². The van der Waals surface area contributed by atoms with Crippen molar-refractivity contribution in [1.29, 1.82) is 5.26 Å². The molecule has 8 heteroatoms. The summed E-state index contributed by atoms with van der Waals surface area (Å²) in [6.07, 6.45) is -0.973. The van der Waals surface area contributed by atoms with Crippen LogP contribution in [0.5, 0.6) is 5.75 Å². The number of carbonyl (C=O) groups excluding carboxylic acids is 2. The molecule has 0 heterocycles. The molecule has 25 heavy (non-hydrogen) atoms. The maximum atomic E-state index is 11.9. The highest BCUT2D eigenvalue weighted by atomic mass is 35.5. The minimum absolute atomic E-state index is 0.105. The molecule has 0 aromatic heterocycles. The van der Waals surface area contributed by atoms with Crippen LogP contribution >= 0.6 is 23.2 Å². The Morgan fingerprint density at radius 2 is 1.96 bits per heavy atom. The number of nitrogens with zero attached hydrogens (tertiary/aromatic N) is 1. The Kier molecular flexibility index (Phi) is 7.53. The van der Waals surface area contributed by atoms with Crippen LogP contribution in [0.1, 0.15) is 27.7 Å². The average Bonchev–Trinajstić information content (AvgIpc) is 2.54. The fourth-order valence-corrected chi connectivity index (χ4v) is 2.14. The van der Waals surface area contributed by atoms with Crippen molar-refractivity contribution in [2.24, 2.45) is 5.92 Å². The van der Waals surface area contributed by atoms with Crippen molar-refractivity contribution in [3.8, 4) is 11.8 Å². The smallest absolute Gasteiger partial charge is 0.347 e. The van der Waals surface area contributed by atoms with Gasteiger partial charge in [0.25, 0.3) is 5.91 Å². The fourth-order valence-electron chi connectivity index (χ4n) is 1.69. The molecule has 0 radical (unpaired) electrons. The second-order valence-corrected chi connectivity index (χ2v) is 6.80. The Labute approximate surface area is 157 Å². The molecule has 0 saturated heterocycles. The Bertz CT molecular complexity index is 688. The van der Waals surface area contributed by atoms with E-state index >= 15 is 0 Å². The van der Waals surface area contributed by atoms with Gasteiger partial charge in [0.05, 0.1) is 11.1 Å². The van der Waals surface area contributed by atoms with Gasteiger partial charge in [0.2, 0.25) is 0 Å². The zero-order chi connectivity index (χ0) is 19.2. The summed E-state index contributed by atoms with van der Waals surface area (Å²) in [5.41, 5.74) is -1.04. The summed E-state index contributed by atoms with van der Waals surface area (Å²) in [5.74, 6) is -1.13.